The Morgan fingerprint density at radius 1 is 1.25 bits per heavy atom. The molecular formula is C18H29F2IN4O3. The maximum atomic E-state index is 12.5. The standard InChI is InChI=1S/C18H28F2N4O3.HI/c1-18(2,3)27-17(25)24(5)11-10-22-16(21-4)23-12-13-8-6-7-9-14(13)26-15(19)20;/h6-9,15H,10-12H2,1-5H3,(H2,21,22,23);1H. The van der Waals surface area contributed by atoms with Crippen molar-refractivity contribution in [3.05, 3.63) is 29.8 Å². The molecule has 0 saturated carbocycles. The van der Waals surface area contributed by atoms with Crippen LogP contribution in [0.25, 0.3) is 0 Å². The predicted octanol–water partition coefficient (Wildman–Crippen LogP) is 3.44. The third-order valence-corrected chi connectivity index (χ3v) is 3.30. The van der Waals surface area contributed by atoms with Gasteiger partial charge in [-0.2, -0.15) is 8.78 Å². The molecule has 0 fully saturated rings. The highest BCUT2D eigenvalue weighted by Crippen LogP contribution is 2.19. The monoisotopic (exact) mass is 514 g/mol. The van der Waals surface area contributed by atoms with E-state index in [4.69, 9.17) is 4.74 Å². The van der Waals surface area contributed by atoms with Crippen LogP contribution in [0.4, 0.5) is 13.6 Å². The van der Waals surface area contributed by atoms with E-state index in [1.54, 1.807) is 53.1 Å². The summed E-state index contributed by atoms with van der Waals surface area (Å²) in [7, 11) is 3.23. The number of nitrogens with one attached hydrogen (secondary N) is 2. The first-order valence-corrected chi connectivity index (χ1v) is 8.53. The predicted molar refractivity (Wildman–Crippen MR) is 116 cm³/mol. The molecule has 0 unspecified atom stereocenters. The number of benzene rings is 1. The van der Waals surface area contributed by atoms with Crippen LogP contribution < -0.4 is 15.4 Å². The summed E-state index contributed by atoms with van der Waals surface area (Å²) in [5.74, 6) is 0.583. The van der Waals surface area contributed by atoms with E-state index in [0.717, 1.165) is 0 Å². The quantitative estimate of drug-likeness (QED) is 0.332. The number of carbonyl (C=O) groups is 1. The van der Waals surface area contributed by atoms with Gasteiger partial charge in [-0.25, -0.2) is 4.79 Å². The van der Waals surface area contributed by atoms with Crippen molar-refractivity contribution in [2.75, 3.05) is 27.2 Å². The molecule has 0 aliphatic heterocycles. The van der Waals surface area contributed by atoms with Gasteiger partial charge in [-0.05, 0) is 26.8 Å². The van der Waals surface area contributed by atoms with E-state index >= 15 is 0 Å². The molecule has 0 radical (unpaired) electrons. The van der Waals surface area contributed by atoms with Gasteiger partial charge in [-0.1, -0.05) is 18.2 Å². The van der Waals surface area contributed by atoms with Crippen LogP contribution in [0.3, 0.4) is 0 Å². The lowest BCUT2D eigenvalue weighted by Crippen LogP contribution is -2.42. The molecule has 2 N–H and O–H groups in total. The summed E-state index contributed by atoms with van der Waals surface area (Å²) in [6.07, 6.45) is -0.412. The highest BCUT2D eigenvalue weighted by atomic mass is 127. The Morgan fingerprint density at radius 2 is 1.89 bits per heavy atom. The number of hydrogen-bond donors (Lipinski definition) is 2. The van der Waals surface area contributed by atoms with E-state index in [-0.39, 0.29) is 36.3 Å². The van der Waals surface area contributed by atoms with Gasteiger partial charge >= 0.3 is 12.7 Å². The molecule has 0 aliphatic carbocycles. The van der Waals surface area contributed by atoms with Gasteiger partial charge in [-0.15, -0.1) is 24.0 Å². The molecule has 0 aliphatic rings. The highest BCUT2D eigenvalue weighted by Gasteiger charge is 2.19. The Labute approximate surface area is 181 Å². The Balaban J connectivity index is 0.00000729. The van der Waals surface area contributed by atoms with Crippen molar-refractivity contribution >= 4 is 36.0 Å². The van der Waals surface area contributed by atoms with E-state index < -0.39 is 18.3 Å². The molecule has 0 heterocycles. The Morgan fingerprint density at radius 3 is 2.46 bits per heavy atom. The SMILES string of the molecule is CN=C(NCCN(C)C(=O)OC(C)(C)C)NCc1ccccc1OC(F)F.I. The van der Waals surface area contributed by atoms with Crippen LogP contribution in [-0.4, -0.2) is 56.4 Å². The maximum absolute atomic E-state index is 12.5. The van der Waals surface area contributed by atoms with Crippen molar-refractivity contribution in [1.82, 2.24) is 15.5 Å². The molecule has 1 rings (SSSR count). The lowest BCUT2D eigenvalue weighted by Gasteiger charge is -2.25. The molecule has 0 bridgehead atoms. The van der Waals surface area contributed by atoms with Crippen LogP contribution in [0, 0.1) is 0 Å². The molecule has 0 spiro atoms. The van der Waals surface area contributed by atoms with Crippen molar-refractivity contribution in [3.8, 4) is 5.75 Å². The van der Waals surface area contributed by atoms with Gasteiger partial charge in [0.25, 0.3) is 0 Å². The van der Waals surface area contributed by atoms with E-state index in [2.05, 4.69) is 20.4 Å². The number of ether oxygens (including phenoxy) is 2. The average molecular weight is 514 g/mol. The van der Waals surface area contributed by atoms with Gasteiger partial charge in [0.1, 0.15) is 11.4 Å². The summed E-state index contributed by atoms with van der Waals surface area (Å²) in [5.41, 5.74) is 0.0240. The van der Waals surface area contributed by atoms with E-state index in [0.29, 0.717) is 24.6 Å². The van der Waals surface area contributed by atoms with Crippen molar-refractivity contribution < 1.29 is 23.0 Å². The summed E-state index contributed by atoms with van der Waals surface area (Å²) < 4.78 is 34.7. The molecule has 0 aromatic heterocycles. The molecule has 7 nitrogen and oxygen atoms in total. The van der Waals surface area contributed by atoms with Gasteiger partial charge < -0.3 is 25.0 Å². The normalized spacial score (nSPS) is 11.5. The Kier molecular flexibility index (Phi) is 11.7. The van der Waals surface area contributed by atoms with Crippen LogP contribution in [0.5, 0.6) is 5.75 Å². The minimum atomic E-state index is -2.88. The van der Waals surface area contributed by atoms with Gasteiger partial charge in [0, 0.05) is 39.3 Å². The largest absolute Gasteiger partial charge is 0.444 e. The number of likely N-dealkylation sites (N-methyl/N-ethyl adjacent to an activating group) is 1. The highest BCUT2D eigenvalue weighted by molar-refractivity contribution is 14.0. The number of halogens is 3. The van der Waals surface area contributed by atoms with Gasteiger partial charge in [0.05, 0.1) is 0 Å². The zero-order chi connectivity index (χ0) is 20.4. The first-order valence-electron chi connectivity index (χ1n) is 8.53. The minimum Gasteiger partial charge on any atom is -0.444 e. The second-order valence-corrected chi connectivity index (χ2v) is 6.74. The number of rotatable bonds is 7. The van der Waals surface area contributed by atoms with E-state index in [1.165, 1.54) is 11.0 Å². The molecule has 10 heteroatoms. The molecular weight excluding hydrogens is 485 g/mol. The van der Waals surface area contributed by atoms with E-state index in [1.807, 2.05) is 0 Å². The molecule has 160 valence electrons. The number of carbonyl (C=O) groups excluding carboxylic acids is 1. The third-order valence-electron chi connectivity index (χ3n) is 3.30. The lowest BCUT2D eigenvalue weighted by atomic mass is 10.2. The lowest BCUT2D eigenvalue weighted by molar-refractivity contribution is -0.0504. The molecule has 1 aromatic rings. The number of alkyl halides is 2. The molecule has 1 amide bonds. The van der Waals surface area contributed by atoms with Crippen LogP contribution in [0.2, 0.25) is 0 Å². The van der Waals surface area contributed by atoms with Crippen molar-refractivity contribution in [2.45, 2.75) is 39.5 Å². The summed E-state index contributed by atoms with van der Waals surface area (Å²) in [5, 5.41) is 6.07. The smallest absolute Gasteiger partial charge is 0.410 e. The first kappa shape index (κ1) is 26.1. The second kappa shape index (κ2) is 12.6. The number of nitrogens with zero attached hydrogens (tertiary/aromatic N) is 2. The summed E-state index contributed by atoms with van der Waals surface area (Å²) >= 11 is 0. The van der Waals surface area contributed by atoms with Crippen LogP contribution >= 0.6 is 24.0 Å². The number of para-hydroxylation sites is 1. The number of guanidine groups is 1. The zero-order valence-corrected chi connectivity index (χ0v) is 19.1. The van der Waals surface area contributed by atoms with Crippen LogP contribution in [0.15, 0.2) is 29.3 Å². The molecule has 0 atom stereocenters. The topological polar surface area (TPSA) is 75.2 Å². The molecule has 28 heavy (non-hydrogen) atoms. The number of hydrogen-bond acceptors (Lipinski definition) is 4. The summed E-state index contributed by atoms with van der Waals surface area (Å²) in [6, 6.07) is 6.53. The van der Waals surface area contributed by atoms with Gasteiger partial charge in [0.15, 0.2) is 5.96 Å². The number of aliphatic imine (C=N–C) groups is 1. The average Bonchev–Trinajstić information content (AvgIpc) is 2.56. The fraction of sp³-hybridized carbons (Fsp3) is 0.556. The van der Waals surface area contributed by atoms with Gasteiger partial charge in [-0.3, -0.25) is 4.99 Å². The molecule has 1 aromatic carbocycles. The van der Waals surface area contributed by atoms with Crippen molar-refractivity contribution in [1.29, 1.82) is 0 Å². The number of amides is 1. The maximum Gasteiger partial charge on any atom is 0.410 e. The third kappa shape index (κ3) is 10.5. The molecule has 0 saturated heterocycles. The Hall–Kier alpha value is -1.85. The van der Waals surface area contributed by atoms with Crippen LogP contribution in [-0.2, 0) is 11.3 Å². The first-order chi connectivity index (χ1) is 12.6. The second-order valence-electron chi connectivity index (χ2n) is 6.74. The van der Waals surface area contributed by atoms with Gasteiger partial charge in [0.2, 0.25) is 0 Å². The summed E-state index contributed by atoms with van der Waals surface area (Å²) in [6.45, 7) is 3.62. The van der Waals surface area contributed by atoms with E-state index in [9.17, 15) is 13.6 Å². The van der Waals surface area contributed by atoms with Crippen molar-refractivity contribution in [2.24, 2.45) is 4.99 Å². The fourth-order valence-corrected chi connectivity index (χ4v) is 2.03. The Bertz CT molecular complexity index is 640. The fourth-order valence-electron chi connectivity index (χ4n) is 2.03. The zero-order valence-electron chi connectivity index (χ0n) is 16.8. The van der Waals surface area contributed by atoms with Crippen LogP contribution in [0.1, 0.15) is 26.3 Å². The summed E-state index contributed by atoms with van der Waals surface area (Å²) in [4.78, 5) is 17.4. The minimum absolute atomic E-state index is 0. The van der Waals surface area contributed by atoms with Crippen molar-refractivity contribution in [3.63, 3.8) is 0 Å².